The Morgan fingerprint density at radius 3 is 2.20 bits per heavy atom. The maximum atomic E-state index is 8.63. The van der Waals surface area contributed by atoms with E-state index in [2.05, 4.69) is 16.6 Å². The lowest BCUT2D eigenvalue weighted by Gasteiger charge is -2.10. The maximum Gasteiger partial charge on any atom is 0.115 e. The smallest absolute Gasteiger partial charge is 0.115 e. The molecule has 1 aromatic carbocycles. The van der Waals surface area contributed by atoms with Crippen molar-refractivity contribution >= 4 is 5.71 Å². The fourth-order valence-electron chi connectivity index (χ4n) is 3.35. The summed E-state index contributed by atoms with van der Waals surface area (Å²) in [6, 6.07) is 8.71. The minimum absolute atomic E-state index is 0.322. The van der Waals surface area contributed by atoms with Crippen molar-refractivity contribution in [1.82, 2.24) is 5.43 Å². The monoisotopic (exact) mass is 342 g/mol. The second kappa shape index (κ2) is 12.6. The SMILES string of the molecule is C1=C(C2=NNCCCCCC2)CCCCCCC1.Oc1ccccc1. The van der Waals surface area contributed by atoms with Crippen LogP contribution in [0.1, 0.15) is 77.0 Å². The Balaban J connectivity index is 0.000000269. The van der Waals surface area contributed by atoms with E-state index >= 15 is 0 Å². The van der Waals surface area contributed by atoms with Crippen LogP contribution in [0, 0.1) is 0 Å². The summed E-state index contributed by atoms with van der Waals surface area (Å²) in [5, 5.41) is 13.3. The van der Waals surface area contributed by atoms with E-state index in [0.29, 0.717) is 5.75 Å². The summed E-state index contributed by atoms with van der Waals surface area (Å²) < 4.78 is 0. The molecule has 0 bridgehead atoms. The maximum absolute atomic E-state index is 8.63. The Kier molecular flexibility index (Phi) is 9.83. The van der Waals surface area contributed by atoms with Crippen molar-refractivity contribution in [3.8, 4) is 5.75 Å². The lowest BCUT2D eigenvalue weighted by molar-refractivity contribution is 0.475. The van der Waals surface area contributed by atoms with E-state index in [9.17, 15) is 0 Å². The topological polar surface area (TPSA) is 44.6 Å². The van der Waals surface area contributed by atoms with Gasteiger partial charge in [-0.1, -0.05) is 56.4 Å². The number of hydrazone groups is 1. The minimum Gasteiger partial charge on any atom is -0.508 e. The van der Waals surface area contributed by atoms with Crippen molar-refractivity contribution in [1.29, 1.82) is 0 Å². The van der Waals surface area contributed by atoms with Gasteiger partial charge in [-0.2, -0.15) is 5.10 Å². The summed E-state index contributed by atoms with van der Waals surface area (Å²) in [6.07, 6.45) is 18.4. The summed E-state index contributed by atoms with van der Waals surface area (Å²) in [5.41, 5.74) is 6.18. The average Bonchev–Trinajstić information content (AvgIpc) is 2.86. The third-order valence-electron chi connectivity index (χ3n) is 4.83. The molecule has 138 valence electrons. The van der Waals surface area contributed by atoms with Crippen molar-refractivity contribution in [2.24, 2.45) is 5.10 Å². The molecular formula is C22H34N2O. The van der Waals surface area contributed by atoms with Gasteiger partial charge in [-0.25, -0.2) is 0 Å². The highest BCUT2D eigenvalue weighted by atomic mass is 16.3. The Bertz CT molecular complexity index is 492. The molecule has 0 unspecified atom stereocenters. The van der Waals surface area contributed by atoms with Gasteiger partial charge in [0.25, 0.3) is 0 Å². The van der Waals surface area contributed by atoms with Crippen LogP contribution < -0.4 is 5.43 Å². The zero-order valence-corrected chi connectivity index (χ0v) is 15.6. The fourth-order valence-corrected chi connectivity index (χ4v) is 3.35. The van der Waals surface area contributed by atoms with Crippen molar-refractivity contribution in [2.75, 3.05) is 6.54 Å². The van der Waals surface area contributed by atoms with E-state index in [4.69, 9.17) is 5.11 Å². The molecule has 0 atom stereocenters. The van der Waals surface area contributed by atoms with Crippen LogP contribution in [0.15, 0.2) is 47.1 Å². The third kappa shape index (κ3) is 8.76. The van der Waals surface area contributed by atoms with Crippen LogP contribution in [-0.4, -0.2) is 17.4 Å². The molecule has 2 N–H and O–H groups in total. The highest BCUT2D eigenvalue weighted by Crippen LogP contribution is 2.20. The molecule has 2 aliphatic rings. The molecule has 0 amide bonds. The molecule has 0 spiro atoms. The molecule has 0 saturated heterocycles. The second-order valence-electron chi connectivity index (χ2n) is 7.00. The highest BCUT2D eigenvalue weighted by molar-refractivity contribution is 5.99. The van der Waals surface area contributed by atoms with Crippen LogP contribution in [0.5, 0.6) is 5.75 Å². The first-order valence-electron chi connectivity index (χ1n) is 10.1. The largest absolute Gasteiger partial charge is 0.508 e. The van der Waals surface area contributed by atoms with Gasteiger partial charge in [0.05, 0.1) is 5.71 Å². The number of rotatable bonds is 1. The van der Waals surface area contributed by atoms with Crippen molar-refractivity contribution < 1.29 is 5.11 Å². The summed E-state index contributed by atoms with van der Waals surface area (Å²) in [7, 11) is 0. The van der Waals surface area contributed by atoms with Gasteiger partial charge in [-0.15, -0.1) is 0 Å². The number of nitrogens with one attached hydrogen (secondary N) is 1. The number of phenols is 1. The number of hydrogen-bond acceptors (Lipinski definition) is 3. The van der Waals surface area contributed by atoms with E-state index in [0.717, 1.165) is 6.54 Å². The molecule has 1 aromatic rings. The van der Waals surface area contributed by atoms with Crippen LogP contribution in [-0.2, 0) is 0 Å². The Hall–Kier alpha value is -1.77. The summed E-state index contributed by atoms with van der Waals surface area (Å²) in [6.45, 7) is 1.05. The lowest BCUT2D eigenvalue weighted by atomic mass is 9.98. The number of phenolic OH excluding ortho intramolecular Hbond substituents is 1. The van der Waals surface area contributed by atoms with E-state index in [1.807, 2.05) is 6.07 Å². The van der Waals surface area contributed by atoms with Crippen molar-refractivity contribution in [2.45, 2.75) is 77.0 Å². The number of aromatic hydroxyl groups is 1. The van der Waals surface area contributed by atoms with Crippen LogP contribution in [0.3, 0.4) is 0 Å². The molecule has 0 aromatic heterocycles. The van der Waals surface area contributed by atoms with Crippen LogP contribution >= 0.6 is 0 Å². The number of benzene rings is 1. The van der Waals surface area contributed by atoms with Gasteiger partial charge < -0.3 is 10.5 Å². The van der Waals surface area contributed by atoms with Crippen molar-refractivity contribution in [3.63, 3.8) is 0 Å². The van der Waals surface area contributed by atoms with Gasteiger partial charge >= 0.3 is 0 Å². The molecule has 25 heavy (non-hydrogen) atoms. The van der Waals surface area contributed by atoms with Crippen LogP contribution in [0.25, 0.3) is 0 Å². The first-order chi connectivity index (χ1) is 12.4. The van der Waals surface area contributed by atoms with Gasteiger partial charge in [0.1, 0.15) is 5.75 Å². The molecule has 3 heteroatoms. The van der Waals surface area contributed by atoms with E-state index in [-0.39, 0.29) is 0 Å². The van der Waals surface area contributed by atoms with E-state index in [1.54, 1.807) is 29.8 Å². The van der Waals surface area contributed by atoms with Crippen LogP contribution in [0.4, 0.5) is 0 Å². The number of allylic oxidation sites excluding steroid dienone is 2. The summed E-state index contributed by atoms with van der Waals surface area (Å²) >= 11 is 0. The molecule has 1 heterocycles. The van der Waals surface area contributed by atoms with Gasteiger partial charge in [-0.3, -0.25) is 0 Å². The molecule has 0 saturated carbocycles. The van der Waals surface area contributed by atoms with E-state index < -0.39 is 0 Å². The Labute approximate surface area is 153 Å². The number of para-hydroxylation sites is 1. The minimum atomic E-state index is 0.322. The molecule has 3 nitrogen and oxygen atoms in total. The van der Waals surface area contributed by atoms with E-state index in [1.165, 1.54) is 82.8 Å². The van der Waals surface area contributed by atoms with Crippen molar-refractivity contribution in [3.05, 3.63) is 42.0 Å². The fraction of sp³-hybridized carbons (Fsp3) is 0.591. The third-order valence-corrected chi connectivity index (χ3v) is 4.83. The second-order valence-corrected chi connectivity index (χ2v) is 7.00. The molecule has 1 aliphatic carbocycles. The summed E-state index contributed by atoms with van der Waals surface area (Å²) in [5.74, 6) is 0.322. The zero-order valence-electron chi connectivity index (χ0n) is 15.6. The van der Waals surface area contributed by atoms with Gasteiger partial charge in [0, 0.05) is 6.54 Å². The normalized spacial score (nSPS) is 19.7. The number of nitrogens with zero attached hydrogens (tertiary/aromatic N) is 1. The Morgan fingerprint density at radius 1 is 0.760 bits per heavy atom. The van der Waals surface area contributed by atoms with Gasteiger partial charge in [-0.05, 0) is 62.7 Å². The number of hydrogen-bond donors (Lipinski definition) is 2. The van der Waals surface area contributed by atoms with Crippen LogP contribution in [0.2, 0.25) is 0 Å². The Morgan fingerprint density at radius 2 is 1.44 bits per heavy atom. The average molecular weight is 343 g/mol. The zero-order chi connectivity index (χ0) is 17.6. The predicted octanol–water partition coefficient (Wildman–Crippen LogP) is 5.96. The lowest BCUT2D eigenvalue weighted by Crippen LogP contribution is -2.12. The molecule has 1 aliphatic heterocycles. The molecule has 0 radical (unpaired) electrons. The molecule has 0 fully saturated rings. The highest BCUT2D eigenvalue weighted by Gasteiger charge is 2.10. The van der Waals surface area contributed by atoms with Gasteiger partial charge in [0.2, 0.25) is 0 Å². The molecular weight excluding hydrogens is 308 g/mol. The molecule has 3 rings (SSSR count). The quantitative estimate of drug-likeness (QED) is 0.661. The predicted molar refractivity (Wildman–Crippen MR) is 107 cm³/mol. The van der Waals surface area contributed by atoms with Gasteiger partial charge in [0.15, 0.2) is 0 Å². The summed E-state index contributed by atoms with van der Waals surface area (Å²) in [4.78, 5) is 0. The first-order valence-corrected chi connectivity index (χ1v) is 10.1. The first kappa shape index (κ1) is 19.6. The standard InChI is InChI=1S/C16H28N2.C6H6O/c1-2-4-8-12-15(11-7-3-1)16-13-9-5-6-10-14-17-18-16;7-6-4-2-1-3-5-6/h11,17H,1-10,12-14H2;1-5,7H.